The number of nitrogens with zero attached hydrogens (tertiary/aromatic N) is 1. The lowest BCUT2D eigenvalue weighted by molar-refractivity contribution is -0.139. The first-order valence-electron chi connectivity index (χ1n) is 5.28. The maximum atomic E-state index is 11.7. The second-order valence-electron chi connectivity index (χ2n) is 4.35. The van der Waals surface area contributed by atoms with Crippen LogP contribution in [-0.2, 0) is 9.53 Å². The van der Waals surface area contributed by atoms with Crippen molar-refractivity contribution >= 4 is 18.3 Å². The van der Waals surface area contributed by atoms with Crippen LogP contribution in [0.1, 0.15) is 25.7 Å². The summed E-state index contributed by atoms with van der Waals surface area (Å²) in [6.45, 7) is 0.211. The highest BCUT2D eigenvalue weighted by atomic mass is 35.5. The molecule has 15 heavy (non-hydrogen) atoms. The number of methoxy groups -OCH3 is 1. The molecular weight excluding hydrogens is 216 g/mol. The molecule has 3 atom stereocenters. The van der Waals surface area contributed by atoms with Crippen LogP contribution in [0.25, 0.3) is 0 Å². The highest BCUT2D eigenvalue weighted by Gasteiger charge is 2.41. The van der Waals surface area contributed by atoms with E-state index in [1.165, 1.54) is 0 Å². The van der Waals surface area contributed by atoms with Gasteiger partial charge in [-0.05, 0) is 25.7 Å². The van der Waals surface area contributed by atoms with Crippen molar-refractivity contribution in [2.75, 3.05) is 13.7 Å². The molecule has 2 bridgehead atoms. The minimum atomic E-state index is 0. The second kappa shape index (κ2) is 5.14. The van der Waals surface area contributed by atoms with Crippen molar-refractivity contribution in [2.45, 2.75) is 43.8 Å². The maximum absolute atomic E-state index is 11.7. The SMILES string of the molecule is COCC(=O)N1[C@@H]2CC[C@H]1CC(N)C2.Cl. The molecule has 2 fully saturated rings. The Morgan fingerprint density at radius 3 is 2.40 bits per heavy atom. The van der Waals surface area contributed by atoms with Crippen LogP contribution < -0.4 is 5.73 Å². The molecule has 1 unspecified atom stereocenters. The third kappa shape index (κ3) is 2.44. The Morgan fingerprint density at radius 1 is 1.40 bits per heavy atom. The average Bonchev–Trinajstić information content (AvgIpc) is 2.39. The lowest BCUT2D eigenvalue weighted by Gasteiger charge is -2.37. The topological polar surface area (TPSA) is 55.6 Å². The number of nitrogens with two attached hydrogens (primary N) is 1. The van der Waals surface area contributed by atoms with Gasteiger partial charge in [0.1, 0.15) is 6.61 Å². The number of amides is 1. The number of ether oxygens (including phenoxy) is 1. The number of rotatable bonds is 2. The van der Waals surface area contributed by atoms with Gasteiger partial charge in [-0.1, -0.05) is 0 Å². The van der Waals surface area contributed by atoms with Crippen LogP contribution in [-0.4, -0.2) is 42.6 Å². The maximum Gasteiger partial charge on any atom is 0.249 e. The quantitative estimate of drug-likeness (QED) is 0.759. The molecule has 0 saturated carbocycles. The van der Waals surface area contributed by atoms with Crippen molar-refractivity contribution in [2.24, 2.45) is 5.73 Å². The average molecular weight is 235 g/mol. The van der Waals surface area contributed by atoms with Crippen molar-refractivity contribution < 1.29 is 9.53 Å². The molecule has 2 N–H and O–H groups in total. The van der Waals surface area contributed by atoms with Crippen LogP contribution in [0.2, 0.25) is 0 Å². The standard InChI is InChI=1S/C10H18N2O2.ClH/c1-14-6-10(13)12-8-2-3-9(12)5-7(11)4-8;/h7-9H,2-6,11H2,1H3;1H/t7?,8-,9+;. The van der Waals surface area contributed by atoms with Gasteiger partial charge in [-0.2, -0.15) is 0 Å². The summed E-state index contributed by atoms with van der Waals surface area (Å²) in [5, 5.41) is 0. The fourth-order valence-corrected chi connectivity index (χ4v) is 2.82. The molecule has 0 aromatic rings. The monoisotopic (exact) mass is 234 g/mol. The molecule has 2 rings (SSSR count). The van der Waals surface area contributed by atoms with Gasteiger partial charge in [0.2, 0.25) is 5.91 Å². The van der Waals surface area contributed by atoms with E-state index < -0.39 is 0 Å². The van der Waals surface area contributed by atoms with E-state index in [2.05, 4.69) is 0 Å². The lowest BCUT2D eigenvalue weighted by Crippen LogP contribution is -2.51. The normalized spacial score (nSPS) is 33.7. The van der Waals surface area contributed by atoms with E-state index in [4.69, 9.17) is 10.5 Å². The van der Waals surface area contributed by atoms with E-state index in [1.807, 2.05) is 4.90 Å². The number of carbonyl (C=O) groups is 1. The number of halogens is 1. The van der Waals surface area contributed by atoms with Gasteiger partial charge in [0, 0.05) is 25.2 Å². The van der Waals surface area contributed by atoms with Crippen molar-refractivity contribution in [3.05, 3.63) is 0 Å². The predicted octanol–water partition coefficient (Wildman–Crippen LogP) is 0.535. The van der Waals surface area contributed by atoms with Crippen LogP contribution in [0.4, 0.5) is 0 Å². The summed E-state index contributed by atoms with van der Waals surface area (Å²) < 4.78 is 4.89. The lowest BCUT2D eigenvalue weighted by atomic mass is 9.98. The zero-order valence-electron chi connectivity index (χ0n) is 9.02. The van der Waals surface area contributed by atoms with Crippen LogP contribution in [0.15, 0.2) is 0 Å². The molecule has 4 nitrogen and oxygen atoms in total. The molecule has 2 heterocycles. The van der Waals surface area contributed by atoms with E-state index in [0.29, 0.717) is 18.1 Å². The number of fused-ring (bicyclic) bond motifs is 2. The number of piperidine rings is 1. The first-order valence-corrected chi connectivity index (χ1v) is 5.28. The van der Waals surface area contributed by atoms with Gasteiger partial charge >= 0.3 is 0 Å². The third-order valence-electron chi connectivity index (χ3n) is 3.33. The fraction of sp³-hybridized carbons (Fsp3) is 0.900. The van der Waals surface area contributed by atoms with Crippen LogP contribution >= 0.6 is 12.4 Å². The van der Waals surface area contributed by atoms with E-state index in [9.17, 15) is 4.79 Å². The molecule has 2 aliphatic rings. The molecule has 1 amide bonds. The molecule has 0 radical (unpaired) electrons. The molecule has 88 valence electrons. The summed E-state index contributed by atoms with van der Waals surface area (Å²) in [6.07, 6.45) is 4.17. The van der Waals surface area contributed by atoms with E-state index in [0.717, 1.165) is 25.7 Å². The Kier molecular flexibility index (Phi) is 4.37. The zero-order chi connectivity index (χ0) is 10.1. The molecule has 2 saturated heterocycles. The van der Waals surface area contributed by atoms with Gasteiger partial charge in [-0.3, -0.25) is 4.79 Å². The predicted molar refractivity (Wildman–Crippen MR) is 60.0 cm³/mol. The zero-order valence-corrected chi connectivity index (χ0v) is 9.83. The summed E-state index contributed by atoms with van der Waals surface area (Å²) in [5.41, 5.74) is 5.92. The van der Waals surface area contributed by atoms with E-state index >= 15 is 0 Å². The number of carbonyl (C=O) groups excluding carboxylic acids is 1. The van der Waals surface area contributed by atoms with Crippen molar-refractivity contribution in [3.8, 4) is 0 Å². The van der Waals surface area contributed by atoms with Gasteiger partial charge in [0.15, 0.2) is 0 Å². The Labute approximate surface area is 96.5 Å². The fourth-order valence-electron chi connectivity index (χ4n) is 2.82. The second-order valence-corrected chi connectivity index (χ2v) is 4.35. The summed E-state index contributed by atoms with van der Waals surface area (Å²) in [5.74, 6) is 0.131. The molecule has 0 aliphatic carbocycles. The molecular formula is C10H19ClN2O2. The van der Waals surface area contributed by atoms with Gasteiger partial charge < -0.3 is 15.4 Å². The van der Waals surface area contributed by atoms with E-state index in [1.54, 1.807) is 7.11 Å². The van der Waals surface area contributed by atoms with Crippen molar-refractivity contribution in [1.82, 2.24) is 4.90 Å². The molecule has 5 heteroatoms. The Balaban J connectivity index is 0.00000112. The Morgan fingerprint density at radius 2 is 1.93 bits per heavy atom. The molecule has 0 spiro atoms. The molecule has 0 aromatic carbocycles. The van der Waals surface area contributed by atoms with Crippen LogP contribution in [0.3, 0.4) is 0 Å². The highest BCUT2D eigenvalue weighted by molar-refractivity contribution is 5.85. The summed E-state index contributed by atoms with van der Waals surface area (Å²) in [6, 6.07) is 1.05. The van der Waals surface area contributed by atoms with Crippen molar-refractivity contribution in [3.63, 3.8) is 0 Å². The van der Waals surface area contributed by atoms with Gasteiger partial charge in [-0.25, -0.2) is 0 Å². The molecule has 0 aromatic heterocycles. The van der Waals surface area contributed by atoms with E-state index in [-0.39, 0.29) is 24.9 Å². The van der Waals surface area contributed by atoms with Crippen LogP contribution in [0.5, 0.6) is 0 Å². The number of hydrogen-bond donors (Lipinski definition) is 1. The molecule has 2 aliphatic heterocycles. The summed E-state index contributed by atoms with van der Waals surface area (Å²) in [4.78, 5) is 13.7. The largest absolute Gasteiger partial charge is 0.375 e. The highest BCUT2D eigenvalue weighted by Crippen LogP contribution is 2.34. The van der Waals surface area contributed by atoms with Gasteiger partial charge in [0.05, 0.1) is 0 Å². The minimum absolute atomic E-state index is 0. The Hall–Kier alpha value is -0.320. The van der Waals surface area contributed by atoms with Gasteiger partial charge in [0.25, 0.3) is 0 Å². The first-order chi connectivity index (χ1) is 6.72. The van der Waals surface area contributed by atoms with Crippen molar-refractivity contribution in [1.29, 1.82) is 0 Å². The summed E-state index contributed by atoms with van der Waals surface area (Å²) >= 11 is 0. The smallest absolute Gasteiger partial charge is 0.249 e. The number of hydrogen-bond acceptors (Lipinski definition) is 3. The third-order valence-corrected chi connectivity index (χ3v) is 3.33. The first kappa shape index (κ1) is 12.7. The Bertz CT molecular complexity index is 223. The summed E-state index contributed by atoms with van der Waals surface area (Å²) in [7, 11) is 1.56. The van der Waals surface area contributed by atoms with Crippen LogP contribution in [0, 0.1) is 0 Å². The van der Waals surface area contributed by atoms with Gasteiger partial charge in [-0.15, -0.1) is 12.4 Å². The minimum Gasteiger partial charge on any atom is -0.375 e.